The number of amides is 1. The van der Waals surface area contributed by atoms with Gasteiger partial charge >= 0.3 is 0 Å². The van der Waals surface area contributed by atoms with Crippen molar-refractivity contribution in [3.8, 4) is 11.1 Å². The number of nitrogens with one attached hydrogen (secondary N) is 1. The molecule has 0 aliphatic carbocycles. The van der Waals surface area contributed by atoms with Crippen LogP contribution in [0.1, 0.15) is 12.2 Å². The topological polar surface area (TPSA) is 61.4 Å². The molecule has 1 amide bonds. The lowest BCUT2D eigenvalue weighted by Gasteiger charge is -2.16. The maximum atomic E-state index is 12.4. The standard InChI is InChI=1S/C20H23N5OS/c1-24(2)11-16-22-18(21-15-9-10-25(3)20(15)26)17-14(12-27-19(17)23-16)13-7-5-4-6-8-13/h4-8,12,15H,9-11H2,1-3H3,(H,21,22,23). The SMILES string of the molecule is CN(C)Cc1nc(NC2CCN(C)C2=O)c2c(-c3ccccc3)csc2n1. The third kappa shape index (κ3) is 3.52. The molecule has 1 aromatic carbocycles. The van der Waals surface area contributed by atoms with Crippen LogP contribution in [0.25, 0.3) is 21.3 Å². The third-order valence-corrected chi connectivity index (χ3v) is 5.63. The summed E-state index contributed by atoms with van der Waals surface area (Å²) in [7, 11) is 5.84. The zero-order valence-corrected chi connectivity index (χ0v) is 16.6. The van der Waals surface area contributed by atoms with Gasteiger partial charge in [-0.1, -0.05) is 30.3 Å². The number of thiophene rings is 1. The lowest BCUT2D eigenvalue weighted by Crippen LogP contribution is -2.31. The van der Waals surface area contributed by atoms with Crippen molar-refractivity contribution in [2.24, 2.45) is 0 Å². The van der Waals surface area contributed by atoms with E-state index in [1.807, 2.05) is 44.2 Å². The van der Waals surface area contributed by atoms with Crippen LogP contribution in [0.3, 0.4) is 0 Å². The highest BCUT2D eigenvalue weighted by Gasteiger charge is 2.30. The van der Waals surface area contributed by atoms with Crippen LogP contribution in [0.15, 0.2) is 35.7 Å². The number of likely N-dealkylation sites (tertiary alicyclic amines) is 1. The summed E-state index contributed by atoms with van der Waals surface area (Å²) in [6.07, 6.45) is 0.786. The van der Waals surface area contributed by atoms with Gasteiger partial charge < -0.3 is 15.1 Å². The molecule has 1 N–H and O–H groups in total. The number of rotatable bonds is 5. The molecule has 1 unspecified atom stereocenters. The number of hydrogen-bond acceptors (Lipinski definition) is 6. The van der Waals surface area contributed by atoms with Gasteiger partial charge in [-0.2, -0.15) is 0 Å². The van der Waals surface area contributed by atoms with Crippen LogP contribution in [0.5, 0.6) is 0 Å². The molecule has 0 radical (unpaired) electrons. The molecule has 3 heterocycles. The number of anilines is 1. The number of fused-ring (bicyclic) bond motifs is 1. The molecule has 1 atom stereocenters. The van der Waals surface area contributed by atoms with Crippen molar-refractivity contribution in [3.05, 3.63) is 41.5 Å². The molecule has 3 aromatic rings. The fourth-order valence-electron chi connectivity index (χ4n) is 3.40. The van der Waals surface area contributed by atoms with Gasteiger partial charge in [-0.25, -0.2) is 9.97 Å². The van der Waals surface area contributed by atoms with Crippen molar-refractivity contribution in [1.29, 1.82) is 0 Å². The van der Waals surface area contributed by atoms with E-state index in [0.717, 1.165) is 46.0 Å². The molecule has 1 aliphatic rings. The zero-order chi connectivity index (χ0) is 19.0. The highest BCUT2D eigenvalue weighted by molar-refractivity contribution is 7.17. The maximum Gasteiger partial charge on any atom is 0.244 e. The largest absolute Gasteiger partial charge is 0.358 e. The molecule has 1 fully saturated rings. The monoisotopic (exact) mass is 381 g/mol. The number of aromatic nitrogens is 2. The molecule has 7 heteroatoms. The van der Waals surface area contributed by atoms with Crippen LogP contribution in [0.2, 0.25) is 0 Å². The highest BCUT2D eigenvalue weighted by Crippen LogP contribution is 2.37. The second kappa shape index (κ2) is 7.25. The van der Waals surface area contributed by atoms with E-state index in [1.54, 1.807) is 16.2 Å². The zero-order valence-electron chi connectivity index (χ0n) is 15.8. The number of hydrogen-bond donors (Lipinski definition) is 1. The summed E-state index contributed by atoms with van der Waals surface area (Å²) in [5, 5.41) is 6.54. The number of likely N-dealkylation sites (N-methyl/N-ethyl adjacent to an activating group) is 1. The summed E-state index contributed by atoms with van der Waals surface area (Å²) in [5.74, 6) is 1.63. The van der Waals surface area contributed by atoms with Crippen molar-refractivity contribution < 1.29 is 4.79 Å². The average molecular weight is 382 g/mol. The van der Waals surface area contributed by atoms with E-state index >= 15 is 0 Å². The van der Waals surface area contributed by atoms with Crippen molar-refractivity contribution in [2.75, 3.05) is 33.0 Å². The molecule has 1 saturated heterocycles. The van der Waals surface area contributed by atoms with E-state index in [2.05, 4.69) is 22.8 Å². The van der Waals surface area contributed by atoms with E-state index in [-0.39, 0.29) is 11.9 Å². The predicted molar refractivity (Wildman–Crippen MR) is 110 cm³/mol. The van der Waals surface area contributed by atoms with E-state index in [0.29, 0.717) is 6.54 Å². The van der Waals surface area contributed by atoms with Crippen molar-refractivity contribution >= 4 is 33.3 Å². The summed E-state index contributed by atoms with van der Waals surface area (Å²) in [5.41, 5.74) is 2.24. The van der Waals surface area contributed by atoms with Gasteiger partial charge in [0.1, 0.15) is 22.5 Å². The Labute approximate surface area is 162 Å². The average Bonchev–Trinajstić information content (AvgIpc) is 3.21. The Morgan fingerprint density at radius 2 is 2.04 bits per heavy atom. The number of carbonyl (C=O) groups is 1. The Bertz CT molecular complexity index is 969. The number of benzene rings is 1. The molecule has 0 spiro atoms. The molecule has 1 aliphatic heterocycles. The van der Waals surface area contributed by atoms with Gasteiger partial charge in [0.15, 0.2) is 0 Å². The van der Waals surface area contributed by atoms with Crippen molar-refractivity contribution in [3.63, 3.8) is 0 Å². The van der Waals surface area contributed by atoms with Gasteiger partial charge in [0.05, 0.1) is 11.9 Å². The van der Waals surface area contributed by atoms with Crippen LogP contribution >= 0.6 is 11.3 Å². The van der Waals surface area contributed by atoms with Crippen LogP contribution in [-0.2, 0) is 11.3 Å². The Kier molecular flexibility index (Phi) is 4.80. The first-order chi connectivity index (χ1) is 13.0. The van der Waals surface area contributed by atoms with Gasteiger partial charge in [0, 0.05) is 24.5 Å². The Morgan fingerprint density at radius 1 is 1.26 bits per heavy atom. The first-order valence-electron chi connectivity index (χ1n) is 9.02. The normalized spacial score (nSPS) is 17.3. The summed E-state index contributed by atoms with van der Waals surface area (Å²) in [4.78, 5) is 26.7. The van der Waals surface area contributed by atoms with Gasteiger partial charge in [-0.3, -0.25) is 4.79 Å². The minimum atomic E-state index is -0.233. The van der Waals surface area contributed by atoms with Gasteiger partial charge in [0.2, 0.25) is 5.91 Å². The Balaban J connectivity index is 1.82. The lowest BCUT2D eigenvalue weighted by molar-refractivity contribution is -0.127. The minimum absolute atomic E-state index is 0.118. The maximum absolute atomic E-state index is 12.4. The van der Waals surface area contributed by atoms with Crippen molar-refractivity contribution in [1.82, 2.24) is 19.8 Å². The Hall–Kier alpha value is -2.51. The quantitative estimate of drug-likeness (QED) is 0.736. The first kappa shape index (κ1) is 17.9. The Morgan fingerprint density at radius 3 is 2.70 bits per heavy atom. The highest BCUT2D eigenvalue weighted by atomic mass is 32.1. The smallest absolute Gasteiger partial charge is 0.244 e. The number of nitrogens with zero attached hydrogens (tertiary/aromatic N) is 4. The second-order valence-electron chi connectivity index (χ2n) is 7.17. The molecule has 0 bridgehead atoms. The third-order valence-electron chi connectivity index (χ3n) is 4.76. The fraction of sp³-hybridized carbons (Fsp3) is 0.350. The number of carbonyl (C=O) groups excluding carboxylic acids is 1. The molecular formula is C20H23N5OS. The molecule has 6 nitrogen and oxygen atoms in total. The van der Waals surface area contributed by atoms with Crippen LogP contribution in [0, 0.1) is 0 Å². The summed E-state index contributed by atoms with van der Waals surface area (Å²) in [6, 6.07) is 10.0. The molecule has 4 rings (SSSR count). The molecule has 0 saturated carbocycles. The van der Waals surface area contributed by atoms with E-state index in [4.69, 9.17) is 9.97 Å². The fourth-order valence-corrected chi connectivity index (χ4v) is 4.36. The molecule has 2 aromatic heterocycles. The van der Waals surface area contributed by atoms with Crippen molar-refractivity contribution in [2.45, 2.75) is 19.0 Å². The van der Waals surface area contributed by atoms with Gasteiger partial charge in [0.25, 0.3) is 0 Å². The summed E-state index contributed by atoms with van der Waals surface area (Å²) in [6.45, 7) is 1.42. The summed E-state index contributed by atoms with van der Waals surface area (Å²) >= 11 is 1.62. The van der Waals surface area contributed by atoms with E-state index < -0.39 is 0 Å². The first-order valence-corrected chi connectivity index (χ1v) is 9.90. The molecule has 27 heavy (non-hydrogen) atoms. The predicted octanol–water partition coefficient (Wildman–Crippen LogP) is 3.06. The minimum Gasteiger partial charge on any atom is -0.358 e. The van der Waals surface area contributed by atoms with Crippen LogP contribution in [0.4, 0.5) is 5.82 Å². The van der Waals surface area contributed by atoms with Gasteiger partial charge in [-0.15, -0.1) is 11.3 Å². The summed E-state index contributed by atoms with van der Waals surface area (Å²) < 4.78 is 0. The lowest BCUT2D eigenvalue weighted by atomic mass is 10.1. The van der Waals surface area contributed by atoms with Gasteiger partial charge in [-0.05, 0) is 26.1 Å². The molecule has 140 valence electrons. The van der Waals surface area contributed by atoms with E-state index in [1.165, 1.54) is 0 Å². The van der Waals surface area contributed by atoms with Crippen LogP contribution < -0.4 is 5.32 Å². The molecular weight excluding hydrogens is 358 g/mol. The second-order valence-corrected chi connectivity index (χ2v) is 8.03. The van der Waals surface area contributed by atoms with Crippen LogP contribution in [-0.4, -0.2) is 59.4 Å². The van der Waals surface area contributed by atoms with E-state index in [9.17, 15) is 4.79 Å².